The molecule has 0 N–H and O–H groups in total. The van der Waals surface area contributed by atoms with Crippen LogP contribution in [0.15, 0.2) is 16.5 Å². The summed E-state index contributed by atoms with van der Waals surface area (Å²) in [5.41, 5.74) is 1.16. The Labute approximate surface area is 101 Å². The molecule has 15 heavy (non-hydrogen) atoms. The first kappa shape index (κ1) is 10.8. The van der Waals surface area contributed by atoms with Gasteiger partial charge in [0.2, 0.25) is 0 Å². The normalized spacial score (nSPS) is 17.0. The van der Waals surface area contributed by atoms with Crippen molar-refractivity contribution in [2.75, 3.05) is 5.75 Å². The van der Waals surface area contributed by atoms with Crippen molar-refractivity contribution in [2.24, 2.45) is 5.10 Å². The number of hydrogen-bond donors (Lipinski definition) is 0. The van der Waals surface area contributed by atoms with E-state index in [0.29, 0.717) is 10.1 Å². The Morgan fingerprint density at radius 3 is 3.00 bits per heavy atom. The summed E-state index contributed by atoms with van der Waals surface area (Å²) in [4.78, 5) is 12.4. The van der Waals surface area contributed by atoms with Crippen LogP contribution >= 0.6 is 35.3 Å². The molecule has 2 rings (SSSR count). The fourth-order valence-corrected chi connectivity index (χ4v) is 2.83. The molecule has 0 radical (unpaired) electrons. The SMILES string of the molecule is Cc1ccsc1/C=N\N1C(=O)CSC1=S. The van der Waals surface area contributed by atoms with E-state index in [1.54, 1.807) is 17.6 Å². The highest BCUT2D eigenvalue weighted by Gasteiger charge is 2.25. The summed E-state index contributed by atoms with van der Waals surface area (Å²) < 4.78 is 0.533. The van der Waals surface area contributed by atoms with Crippen molar-refractivity contribution in [2.45, 2.75) is 6.92 Å². The van der Waals surface area contributed by atoms with Crippen LogP contribution in [0.5, 0.6) is 0 Å². The van der Waals surface area contributed by atoms with Gasteiger partial charge in [-0.2, -0.15) is 10.1 Å². The van der Waals surface area contributed by atoms with Crippen LogP contribution in [0, 0.1) is 6.92 Å². The maximum absolute atomic E-state index is 11.3. The number of hydrogen-bond acceptors (Lipinski definition) is 5. The zero-order chi connectivity index (χ0) is 10.8. The molecule has 0 unspecified atom stereocenters. The molecule has 3 nitrogen and oxygen atoms in total. The number of thioether (sulfide) groups is 1. The van der Waals surface area contributed by atoms with E-state index in [1.807, 2.05) is 18.4 Å². The van der Waals surface area contributed by atoms with Crippen LogP contribution in [0.25, 0.3) is 0 Å². The fourth-order valence-electron chi connectivity index (χ4n) is 1.09. The van der Waals surface area contributed by atoms with Crippen molar-refractivity contribution < 1.29 is 4.79 Å². The Balaban J connectivity index is 2.15. The second kappa shape index (κ2) is 4.42. The van der Waals surface area contributed by atoms with Crippen molar-refractivity contribution >= 4 is 51.8 Å². The lowest BCUT2D eigenvalue weighted by Crippen LogP contribution is -2.22. The quantitative estimate of drug-likeness (QED) is 0.601. The lowest BCUT2D eigenvalue weighted by Gasteiger charge is -2.05. The van der Waals surface area contributed by atoms with E-state index < -0.39 is 0 Å². The number of hydrazone groups is 1. The Kier molecular flexibility index (Phi) is 3.18. The molecule has 1 amide bonds. The smallest absolute Gasteiger partial charge is 0.259 e. The predicted molar refractivity (Wildman–Crippen MR) is 68.6 cm³/mol. The predicted octanol–water partition coefficient (Wildman–Crippen LogP) is 2.25. The molecular formula is C9H8N2OS3. The first-order chi connectivity index (χ1) is 7.18. The lowest BCUT2D eigenvalue weighted by molar-refractivity contribution is -0.123. The van der Waals surface area contributed by atoms with Gasteiger partial charge in [-0.1, -0.05) is 24.0 Å². The van der Waals surface area contributed by atoms with Crippen LogP contribution in [-0.2, 0) is 4.79 Å². The van der Waals surface area contributed by atoms with Crippen molar-refractivity contribution in [1.29, 1.82) is 0 Å². The maximum atomic E-state index is 11.3. The molecule has 1 aliphatic heterocycles. The average Bonchev–Trinajstić information content (AvgIpc) is 2.73. The Morgan fingerprint density at radius 2 is 2.47 bits per heavy atom. The first-order valence-electron chi connectivity index (χ1n) is 4.26. The van der Waals surface area contributed by atoms with E-state index in [-0.39, 0.29) is 5.91 Å². The minimum Gasteiger partial charge on any atom is -0.272 e. The third kappa shape index (κ3) is 2.27. The Hall–Kier alpha value is -0.720. The minimum absolute atomic E-state index is 0.0459. The summed E-state index contributed by atoms with van der Waals surface area (Å²) in [5.74, 6) is 0.357. The van der Waals surface area contributed by atoms with Crippen LogP contribution in [-0.4, -0.2) is 27.2 Å². The summed E-state index contributed by atoms with van der Waals surface area (Å²) in [5, 5.41) is 7.38. The standard InChI is InChI=1S/C9H8N2OS3/c1-6-2-3-14-7(6)4-10-11-8(12)5-15-9(11)13/h2-4H,5H2,1H3/b10-4-. The monoisotopic (exact) mass is 256 g/mol. The molecule has 0 atom stereocenters. The fraction of sp³-hybridized carbons (Fsp3) is 0.222. The second-order valence-corrected chi connectivity index (χ2v) is 5.53. The number of thiocarbonyl (C=S) groups is 1. The van der Waals surface area contributed by atoms with E-state index in [1.165, 1.54) is 16.8 Å². The van der Waals surface area contributed by atoms with Crippen LogP contribution in [0.3, 0.4) is 0 Å². The van der Waals surface area contributed by atoms with Gasteiger partial charge in [-0.25, -0.2) is 0 Å². The van der Waals surface area contributed by atoms with Crippen molar-refractivity contribution in [3.63, 3.8) is 0 Å². The van der Waals surface area contributed by atoms with Gasteiger partial charge in [0.15, 0.2) is 4.32 Å². The minimum atomic E-state index is -0.0459. The molecule has 0 bridgehead atoms. The molecule has 1 saturated heterocycles. The summed E-state index contributed by atoms with van der Waals surface area (Å²) in [7, 11) is 0. The number of aryl methyl sites for hydroxylation is 1. The van der Waals surface area contributed by atoms with Crippen LogP contribution < -0.4 is 0 Å². The van der Waals surface area contributed by atoms with E-state index in [4.69, 9.17) is 12.2 Å². The molecule has 1 fully saturated rings. The topological polar surface area (TPSA) is 32.7 Å². The van der Waals surface area contributed by atoms with Gasteiger partial charge < -0.3 is 0 Å². The van der Waals surface area contributed by atoms with Crippen LogP contribution in [0.4, 0.5) is 0 Å². The summed E-state index contributed by atoms with van der Waals surface area (Å²) >= 11 is 7.95. The second-order valence-electron chi connectivity index (χ2n) is 2.97. The van der Waals surface area contributed by atoms with Gasteiger partial charge in [-0.15, -0.1) is 11.3 Å². The molecule has 1 aromatic heterocycles. The van der Waals surface area contributed by atoms with Gasteiger partial charge >= 0.3 is 0 Å². The highest BCUT2D eigenvalue weighted by atomic mass is 32.2. The van der Waals surface area contributed by atoms with Gasteiger partial charge in [0.1, 0.15) is 0 Å². The summed E-state index contributed by atoms with van der Waals surface area (Å²) in [6, 6.07) is 2.02. The number of carbonyl (C=O) groups is 1. The number of carbonyl (C=O) groups excluding carboxylic acids is 1. The number of nitrogens with zero attached hydrogens (tertiary/aromatic N) is 2. The zero-order valence-electron chi connectivity index (χ0n) is 7.97. The van der Waals surface area contributed by atoms with Gasteiger partial charge in [-0.3, -0.25) is 4.79 Å². The van der Waals surface area contributed by atoms with Crippen molar-refractivity contribution in [1.82, 2.24) is 5.01 Å². The van der Waals surface area contributed by atoms with E-state index >= 15 is 0 Å². The first-order valence-corrected chi connectivity index (χ1v) is 6.53. The Bertz CT molecular complexity index is 422. The van der Waals surface area contributed by atoms with Gasteiger partial charge in [-0.05, 0) is 23.9 Å². The van der Waals surface area contributed by atoms with Gasteiger partial charge in [0.05, 0.1) is 16.8 Å². The largest absolute Gasteiger partial charge is 0.272 e. The Morgan fingerprint density at radius 1 is 1.67 bits per heavy atom. The number of thiophene rings is 1. The maximum Gasteiger partial charge on any atom is 0.259 e. The molecule has 0 aliphatic carbocycles. The molecule has 0 spiro atoms. The van der Waals surface area contributed by atoms with Gasteiger partial charge in [0.25, 0.3) is 5.91 Å². The van der Waals surface area contributed by atoms with E-state index in [2.05, 4.69) is 5.10 Å². The molecule has 1 aliphatic rings. The zero-order valence-corrected chi connectivity index (χ0v) is 10.4. The van der Waals surface area contributed by atoms with Gasteiger partial charge in [0, 0.05) is 0 Å². The third-order valence-electron chi connectivity index (χ3n) is 1.92. The average molecular weight is 256 g/mol. The van der Waals surface area contributed by atoms with Crippen molar-refractivity contribution in [3.05, 3.63) is 21.9 Å². The number of rotatable bonds is 2. The molecule has 2 heterocycles. The lowest BCUT2D eigenvalue weighted by atomic mass is 10.3. The molecule has 6 heteroatoms. The highest BCUT2D eigenvalue weighted by Crippen LogP contribution is 2.20. The summed E-state index contributed by atoms with van der Waals surface area (Å²) in [6.07, 6.45) is 1.69. The van der Waals surface area contributed by atoms with Crippen molar-refractivity contribution in [3.8, 4) is 0 Å². The molecular weight excluding hydrogens is 248 g/mol. The highest BCUT2D eigenvalue weighted by molar-refractivity contribution is 8.23. The van der Waals surface area contributed by atoms with E-state index in [0.717, 1.165) is 10.4 Å². The van der Waals surface area contributed by atoms with Crippen LogP contribution in [0.1, 0.15) is 10.4 Å². The molecule has 1 aromatic rings. The number of amides is 1. The molecule has 0 aromatic carbocycles. The molecule has 78 valence electrons. The van der Waals surface area contributed by atoms with E-state index in [9.17, 15) is 4.79 Å². The third-order valence-corrected chi connectivity index (χ3v) is 4.21. The molecule has 0 saturated carbocycles. The van der Waals surface area contributed by atoms with Crippen LogP contribution in [0.2, 0.25) is 0 Å². The summed E-state index contributed by atoms with van der Waals surface area (Å²) in [6.45, 7) is 2.01.